The lowest BCUT2D eigenvalue weighted by Crippen LogP contribution is -2.34. The molecule has 1 rings (SSSR count). The molecule has 1 aliphatic heterocycles. The molecule has 4 nitrogen and oxygen atoms in total. The van der Waals surface area contributed by atoms with Gasteiger partial charge in [-0.3, -0.25) is 5.84 Å². The van der Waals surface area contributed by atoms with E-state index in [4.69, 9.17) is 10.9 Å². The number of hydrogen-bond donors (Lipinski definition) is 2. The van der Waals surface area contributed by atoms with Crippen LogP contribution in [0, 0.1) is 0 Å². The quantitative estimate of drug-likeness (QED) is 0.435. The van der Waals surface area contributed by atoms with Crippen LogP contribution in [0.4, 0.5) is 0 Å². The van der Waals surface area contributed by atoms with E-state index < -0.39 is 5.97 Å². The molecule has 0 amide bonds. The van der Waals surface area contributed by atoms with Crippen molar-refractivity contribution in [2.45, 2.75) is 18.9 Å². The van der Waals surface area contributed by atoms with Gasteiger partial charge in [0.25, 0.3) is 0 Å². The molecule has 0 aromatic carbocycles. The number of hydrogen-bond acceptors (Lipinski definition) is 3. The highest BCUT2D eigenvalue weighted by molar-refractivity contribution is 5.79. The fourth-order valence-electron chi connectivity index (χ4n) is 1.21. The Morgan fingerprint density at radius 2 is 2.45 bits per heavy atom. The lowest BCUT2D eigenvalue weighted by atomic mass is 10.2. The maximum Gasteiger partial charge on any atom is 0.328 e. The number of hydrazine groups is 1. The molecule has 4 heteroatoms. The second kappa shape index (κ2) is 3.50. The molecule has 1 saturated heterocycles. The number of carboxylic acids is 1. The third-order valence-corrected chi connectivity index (χ3v) is 1.80. The van der Waals surface area contributed by atoms with Gasteiger partial charge in [-0.05, 0) is 12.8 Å². The molecule has 0 saturated carbocycles. The van der Waals surface area contributed by atoms with Crippen molar-refractivity contribution in [1.82, 2.24) is 5.01 Å². The monoisotopic (exact) mass is 156 g/mol. The zero-order valence-electron chi connectivity index (χ0n) is 6.23. The van der Waals surface area contributed by atoms with Crippen LogP contribution in [-0.4, -0.2) is 28.7 Å². The Hall–Kier alpha value is -0.870. The second-order valence-electron chi connectivity index (χ2n) is 2.64. The highest BCUT2D eigenvalue weighted by Crippen LogP contribution is 2.13. The summed E-state index contributed by atoms with van der Waals surface area (Å²) in [5.41, 5.74) is 0. The Bertz CT molecular complexity index is 179. The lowest BCUT2D eigenvalue weighted by Gasteiger charge is -2.13. The summed E-state index contributed by atoms with van der Waals surface area (Å²) in [5.74, 6) is 4.64. The van der Waals surface area contributed by atoms with Crippen molar-refractivity contribution in [3.63, 3.8) is 0 Å². The third-order valence-electron chi connectivity index (χ3n) is 1.80. The number of carbonyl (C=O) groups is 1. The van der Waals surface area contributed by atoms with Gasteiger partial charge in [0, 0.05) is 18.7 Å². The number of aliphatic carboxylic acids is 1. The topological polar surface area (TPSA) is 66.6 Å². The lowest BCUT2D eigenvalue weighted by molar-refractivity contribution is -0.131. The standard InChI is InChI=1S/C7H12N2O2/c8-9-5-1-2-6(9)3-4-7(10)11/h3-4,6H,1-2,5,8H2,(H,10,11)/b4-3+/t6-/m1/s1. The Morgan fingerprint density at radius 3 is 2.91 bits per heavy atom. The third kappa shape index (κ3) is 2.32. The van der Waals surface area contributed by atoms with Crippen LogP contribution in [0.5, 0.6) is 0 Å². The van der Waals surface area contributed by atoms with Gasteiger partial charge in [0.15, 0.2) is 0 Å². The van der Waals surface area contributed by atoms with Gasteiger partial charge in [0.1, 0.15) is 0 Å². The molecule has 1 aliphatic rings. The molecule has 0 unspecified atom stereocenters. The van der Waals surface area contributed by atoms with Crippen molar-refractivity contribution < 1.29 is 9.90 Å². The molecule has 0 spiro atoms. The smallest absolute Gasteiger partial charge is 0.328 e. The zero-order valence-corrected chi connectivity index (χ0v) is 6.23. The average molecular weight is 156 g/mol. The maximum absolute atomic E-state index is 10.1. The van der Waals surface area contributed by atoms with Crippen LogP contribution in [0.2, 0.25) is 0 Å². The van der Waals surface area contributed by atoms with E-state index in [2.05, 4.69) is 0 Å². The van der Waals surface area contributed by atoms with Gasteiger partial charge in [-0.2, -0.15) is 0 Å². The normalized spacial score (nSPS) is 26.5. The first kappa shape index (κ1) is 8.23. The van der Waals surface area contributed by atoms with Crippen molar-refractivity contribution in [2.24, 2.45) is 5.84 Å². The summed E-state index contributed by atoms with van der Waals surface area (Å²) in [6, 6.07) is 0.117. The van der Waals surface area contributed by atoms with Crippen molar-refractivity contribution in [2.75, 3.05) is 6.54 Å². The van der Waals surface area contributed by atoms with Gasteiger partial charge >= 0.3 is 5.97 Å². The molecule has 62 valence electrons. The zero-order chi connectivity index (χ0) is 8.27. The number of nitrogens with zero attached hydrogens (tertiary/aromatic N) is 1. The Labute approximate surface area is 65.3 Å². The minimum atomic E-state index is -0.912. The van der Waals surface area contributed by atoms with Gasteiger partial charge in [-0.15, -0.1) is 0 Å². The van der Waals surface area contributed by atoms with E-state index in [1.165, 1.54) is 0 Å². The highest BCUT2D eigenvalue weighted by atomic mass is 16.4. The summed E-state index contributed by atoms with van der Waals surface area (Å²) in [5, 5.41) is 9.98. The Morgan fingerprint density at radius 1 is 1.73 bits per heavy atom. The minimum Gasteiger partial charge on any atom is -0.478 e. The van der Waals surface area contributed by atoms with Crippen LogP contribution in [0.1, 0.15) is 12.8 Å². The molecule has 1 heterocycles. The molecule has 11 heavy (non-hydrogen) atoms. The van der Waals surface area contributed by atoms with Crippen LogP contribution >= 0.6 is 0 Å². The predicted molar refractivity (Wildman–Crippen MR) is 40.7 cm³/mol. The van der Waals surface area contributed by atoms with Gasteiger partial charge in [0.2, 0.25) is 0 Å². The molecule has 1 atom stereocenters. The maximum atomic E-state index is 10.1. The first-order chi connectivity index (χ1) is 5.20. The average Bonchev–Trinajstić information content (AvgIpc) is 2.31. The molecule has 0 aromatic rings. The van der Waals surface area contributed by atoms with Crippen LogP contribution in [0.15, 0.2) is 12.2 Å². The number of rotatable bonds is 2. The van der Waals surface area contributed by atoms with E-state index in [1.54, 1.807) is 11.1 Å². The molecule has 1 fully saturated rings. The van der Waals surface area contributed by atoms with Crippen LogP contribution in [0.25, 0.3) is 0 Å². The summed E-state index contributed by atoms with van der Waals surface area (Å²) < 4.78 is 0. The van der Waals surface area contributed by atoms with Gasteiger partial charge in [0.05, 0.1) is 0 Å². The van der Waals surface area contributed by atoms with E-state index in [-0.39, 0.29) is 6.04 Å². The van der Waals surface area contributed by atoms with E-state index >= 15 is 0 Å². The molecule has 0 aromatic heterocycles. The van der Waals surface area contributed by atoms with E-state index in [0.717, 1.165) is 25.5 Å². The van der Waals surface area contributed by atoms with Crippen molar-refractivity contribution >= 4 is 5.97 Å². The largest absolute Gasteiger partial charge is 0.478 e. The van der Waals surface area contributed by atoms with Crippen LogP contribution < -0.4 is 5.84 Å². The minimum absolute atomic E-state index is 0.117. The molecule has 3 N–H and O–H groups in total. The van der Waals surface area contributed by atoms with Crippen LogP contribution in [-0.2, 0) is 4.79 Å². The van der Waals surface area contributed by atoms with Gasteiger partial charge in [-0.1, -0.05) is 6.08 Å². The van der Waals surface area contributed by atoms with Crippen LogP contribution in [0.3, 0.4) is 0 Å². The fraction of sp³-hybridized carbons (Fsp3) is 0.571. The predicted octanol–water partition coefficient (Wildman–Crippen LogP) is -0.0347. The molecular weight excluding hydrogens is 144 g/mol. The van der Waals surface area contributed by atoms with Crippen molar-refractivity contribution in [3.8, 4) is 0 Å². The number of nitrogens with two attached hydrogens (primary N) is 1. The van der Waals surface area contributed by atoms with Gasteiger partial charge in [-0.25, -0.2) is 9.80 Å². The van der Waals surface area contributed by atoms with Crippen molar-refractivity contribution in [3.05, 3.63) is 12.2 Å². The second-order valence-corrected chi connectivity index (χ2v) is 2.64. The summed E-state index contributed by atoms with van der Waals surface area (Å²) in [4.78, 5) is 10.1. The Balaban J connectivity index is 2.42. The Kier molecular flexibility index (Phi) is 2.62. The highest BCUT2D eigenvalue weighted by Gasteiger charge is 2.18. The molecule has 0 aliphatic carbocycles. The van der Waals surface area contributed by atoms with E-state index in [1.807, 2.05) is 0 Å². The van der Waals surface area contributed by atoms with Gasteiger partial charge < -0.3 is 5.11 Å². The summed E-state index contributed by atoms with van der Waals surface area (Å²) in [7, 11) is 0. The summed E-state index contributed by atoms with van der Waals surface area (Å²) in [6.07, 6.45) is 4.79. The molecule has 0 bridgehead atoms. The molecular formula is C7H12N2O2. The summed E-state index contributed by atoms with van der Waals surface area (Å²) >= 11 is 0. The van der Waals surface area contributed by atoms with Crippen molar-refractivity contribution in [1.29, 1.82) is 0 Å². The number of carboxylic acid groups (broad SMARTS) is 1. The molecule has 0 radical (unpaired) electrons. The fourth-order valence-corrected chi connectivity index (χ4v) is 1.21. The van der Waals surface area contributed by atoms with E-state index in [0.29, 0.717) is 0 Å². The first-order valence-corrected chi connectivity index (χ1v) is 3.62. The van der Waals surface area contributed by atoms with E-state index in [9.17, 15) is 4.79 Å². The SMILES string of the molecule is NN1CCC[C@@H]1/C=C/C(=O)O. The first-order valence-electron chi connectivity index (χ1n) is 3.62. The summed E-state index contributed by atoms with van der Waals surface area (Å²) in [6.45, 7) is 0.856.